The van der Waals surface area contributed by atoms with E-state index in [1.54, 1.807) is 0 Å². The molecule has 0 bridgehead atoms. The van der Waals surface area contributed by atoms with Crippen molar-refractivity contribution in [3.8, 4) is 0 Å². The molecular weight excluding hydrogens is 142 g/mol. The lowest BCUT2D eigenvalue weighted by atomic mass is 9.98. The van der Waals surface area contributed by atoms with E-state index in [9.17, 15) is 4.79 Å². The van der Waals surface area contributed by atoms with Gasteiger partial charge in [-0.3, -0.25) is 4.79 Å². The van der Waals surface area contributed by atoms with Crippen LogP contribution >= 0.6 is 0 Å². The number of amides is 1. The molecule has 3 nitrogen and oxygen atoms in total. The van der Waals surface area contributed by atoms with Gasteiger partial charge < -0.3 is 10.5 Å². The summed E-state index contributed by atoms with van der Waals surface area (Å²) in [6.45, 7) is 0.0880. The highest BCUT2D eigenvalue weighted by Crippen LogP contribution is 2.19. The van der Waals surface area contributed by atoms with Crippen molar-refractivity contribution in [1.29, 1.82) is 0 Å². The van der Waals surface area contributed by atoms with Gasteiger partial charge in [0.1, 0.15) is 6.61 Å². The van der Waals surface area contributed by atoms with Crippen molar-refractivity contribution in [2.75, 3.05) is 6.61 Å². The SMILES string of the molecule is NC(=O)COC1CCCCC1. The minimum Gasteiger partial charge on any atom is -0.368 e. The number of hydrogen-bond acceptors (Lipinski definition) is 2. The third-order valence-electron chi connectivity index (χ3n) is 2.01. The van der Waals surface area contributed by atoms with Gasteiger partial charge in [0.05, 0.1) is 6.10 Å². The minimum atomic E-state index is -0.365. The molecule has 1 saturated carbocycles. The molecule has 0 spiro atoms. The van der Waals surface area contributed by atoms with Gasteiger partial charge in [-0.25, -0.2) is 0 Å². The Kier molecular flexibility index (Phi) is 3.36. The first-order valence-corrected chi connectivity index (χ1v) is 4.19. The Morgan fingerprint density at radius 1 is 1.36 bits per heavy atom. The van der Waals surface area contributed by atoms with Crippen molar-refractivity contribution in [2.45, 2.75) is 38.2 Å². The van der Waals surface area contributed by atoms with Crippen LogP contribution in [-0.2, 0) is 9.53 Å². The first-order valence-electron chi connectivity index (χ1n) is 4.19. The van der Waals surface area contributed by atoms with Crippen LogP contribution in [0.25, 0.3) is 0 Å². The Morgan fingerprint density at radius 2 is 2.00 bits per heavy atom. The summed E-state index contributed by atoms with van der Waals surface area (Å²) in [7, 11) is 0. The zero-order chi connectivity index (χ0) is 8.10. The molecule has 1 amide bonds. The monoisotopic (exact) mass is 157 g/mol. The number of carbonyl (C=O) groups excluding carboxylic acids is 1. The molecule has 1 aliphatic carbocycles. The molecule has 0 aromatic heterocycles. The van der Waals surface area contributed by atoms with Crippen LogP contribution in [0.15, 0.2) is 0 Å². The van der Waals surface area contributed by atoms with Gasteiger partial charge in [-0.05, 0) is 12.8 Å². The molecule has 1 fully saturated rings. The predicted octanol–water partition coefficient (Wildman–Crippen LogP) is 0.821. The number of hydrogen-bond donors (Lipinski definition) is 1. The maximum atomic E-state index is 10.3. The van der Waals surface area contributed by atoms with E-state index < -0.39 is 0 Å². The lowest BCUT2D eigenvalue weighted by Crippen LogP contribution is -2.24. The van der Waals surface area contributed by atoms with E-state index in [1.165, 1.54) is 19.3 Å². The van der Waals surface area contributed by atoms with Crippen molar-refractivity contribution < 1.29 is 9.53 Å². The van der Waals surface area contributed by atoms with Crippen molar-refractivity contribution in [3.63, 3.8) is 0 Å². The van der Waals surface area contributed by atoms with Crippen LogP contribution in [0.3, 0.4) is 0 Å². The van der Waals surface area contributed by atoms with Crippen molar-refractivity contribution >= 4 is 5.91 Å². The molecule has 0 unspecified atom stereocenters. The summed E-state index contributed by atoms with van der Waals surface area (Å²) in [5, 5.41) is 0. The number of primary amides is 1. The lowest BCUT2D eigenvalue weighted by Gasteiger charge is -2.20. The standard InChI is InChI=1S/C8H15NO2/c9-8(10)6-11-7-4-2-1-3-5-7/h7H,1-6H2,(H2,9,10). The van der Waals surface area contributed by atoms with Crippen molar-refractivity contribution in [3.05, 3.63) is 0 Å². The maximum absolute atomic E-state index is 10.3. The predicted molar refractivity (Wildman–Crippen MR) is 42.0 cm³/mol. The quantitative estimate of drug-likeness (QED) is 0.659. The Labute approximate surface area is 66.9 Å². The largest absolute Gasteiger partial charge is 0.368 e. The smallest absolute Gasteiger partial charge is 0.243 e. The molecule has 0 saturated heterocycles. The molecule has 1 rings (SSSR count). The van der Waals surface area contributed by atoms with E-state index >= 15 is 0 Å². The highest BCUT2D eigenvalue weighted by atomic mass is 16.5. The first-order chi connectivity index (χ1) is 5.29. The molecule has 0 radical (unpaired) electrons. The van der Waals surface area contributed by atoms with Gasteiger partial charge in [-0.2, -0.15) is 0 Å². The fourth-order valence-corrected chi connectivity index (χ4v) is 1.43. The van der Waals surface area contributed by atoms with Crippen LogP contribution in [-0.4, -0.2) is 18.6 Å². The normalized spacial score (nSPS) is 20.0. The Hall–Kier alpha value is -0.570. The second-order valence-electron chi connectivity index (χ2n) is 3.04. The zero-order valence-electron chi connectivity index (χ0n) is 6.71. The second-order valence-corrected chi connectivity index (χ2v) is 3.04. The molecule has 0 aromatic rings. The van der Waals surface area contributed by atoms with E-state index in [4.69, 9.17) is 10.5 Å². The van der Waals surface area contributed by atoms with Gasteiger partial charge in [0.2, 0.25) is 5.91 Å². The highest BCUT2D eigenvalue weighted by molar-refractivity contribution is 5.74. The van der Waals surface area contributed by atoms with E-state index in [0.717, 1.165) is 12.8 Å². The highest BCUT2D eigenvalue weighted by Gasteiger charge is 2.13. The van der Waals surface area contributed by atoms with E-state index in [-0.39, 0.29) is 18.6 Å². The van der Waals surface area contributed by atoms with E-state index in [0.29, 0.717) is 0 Å². The Balaban J connectivity index is 2.09. The Morgan fingerprint density at radius 3 is 2.55 bits per heavy atom. The van der Waals surface area contributed by atoms with Gasteiger partial charge in [0, 0.05) is 0 Å². The molecule has 0 aliphatic heterocycles. The summed E-state index contributed by atoms with van der Waals surface area (Å²) in [5.41, 5.74) is 4.95. The molecule has 0 aromatic carbocycles. The van der Waals surface area contributed by atoms with Crippen LogP contribution in [0.4, 0.5) is 0 Å². The average Bonchev–Trinajstić information content (AvgIpc) is 2.03. The van der Waals surface area contributed by atoms with E-state index in [2.05, 4.69) is 0 Å². The van der Waals surface area contributed by atoms with Crippen LogP contribution in [0.2, 0.25) is 0 Å². The van der Waals surface area contributed by atoms with Gasteiger partial charge in [0.15, 0.2) is 0 Å². The summed E-state index contributed by atoms with van der Waals surface area (Å²) < 4.78 is 5.27. The molecule has 0 atom stereocenters. The minimum absolute atomic E-state index is 0.0880. The topological polar surface area (TPSA) is 52.3 Å². The van der Waals surface area contributed by atoms with Crippen LogP contribution in [0.5, 0.6) is 0 Å². The van der Waals surface area contributed by atoms with Crippen LogP contribution in [0.1, 0.15) is 32.1 Å². The molecule has 2 N–H and O–H groups in total. The molecular formula is C8H15NO2. The number of rotatable bonds is 3. The number of ether oxygens (including phenoxy) is 1. The molecule has 0 heterocycles. The molecule has 11 heavy (non-hydrogen) atoms. The number of nitrogens with two attached hydrogens (primary N) is 1. The van der Waals surface area contributed by atoms with Gasteiger partial charge in [-0.1, -0.05) is 19.3 Å². The lowest BCUT2D eigenvalue weighted by molar-refractivity contribution is -0.125. The third kappa shape index (κ3) is 3.37. The zero-order valence-corrected chi connectivity index (χ0v) is 6.71. The molecule has 3 heteroatoms. The summed E-state index contributed by atoms with van der Waals surface area (Å²) in [4.78, 5) is 10.3. The second kappa shape index (κ2) is 4.34. The summed E-state index contributed by atoms with van der Waals surface area (Å²) in [6.07, 6.45) is 6.22. The van der Waals surface area contributed by atoms with Crippen LogP contribution in [0, 0.1) is 0 Å². The fraction of sp³-hybridized carbons (Fsp3) is 0.875. The fourth-order valence-electron chi connectivity index (χ4n) is 1.43. The van der Waals surface area contributed by atoms with E-state index in [1.807, 2.05) is 0 Å². The number of carbonyl (C=O) groups is 1. The van der Waals surface area contributed by atoms with Gasteiger partial charge in [-0.15, -0.1) is 0 Å². The molecule has 1 aliphatic rings. The first kappa shape index (κ1) is 8.53. The summed E-state index contributed by atoms with van der Waals surface area (Å²) in [5.74, 6) is -0.365. The van der Waals surface area contributed by atoms with Gasteiger partial charge >= 0.3 is 0 Å². The molecule has 64 valence electrons. The summed E-state index contributed by atoms with van der Waals surface area (Å²) >= 11 is 0. The van der Waals surface area contributed by atoms with Gasteiger partial charge in [0.25, 0.3) is 0 Å². The maximum Gasteiger partial charge on any atom is 0.243 e. The van der Waals surface area contributed by atoms with Crippen LogP contribution < -0.4 is 5.73 Å². The third-order valence-corrected chi connectivity index (χ3v) is 2.01. The average molecular weight is 157 g/mol. The van der Waals surface area contributed by atoms with Crippen molar-refractivity contribution in [2.24, 2.45) is 5.73 Å². The van der Waals surface area contributed by atoms with Crippen molar-refractivity contribution in [1.82, 2.24) is 0 Å². The Bertz CT molecular complexity index is 130. The summed E-state index contributed by atoms with van der Waals surface area (Å²) in [6, 6.07) is 0.